The molecular weight excluding hydrogens is 304 g/mol. The molecule has 0 saturated carbocycles. The summed E-state index contributed by atoms with van der Waals surface area (Å²) in [5.74, 6) is 0.609. The lowest BCUT2D eigenvalue weighted by Gasteiger charge is -1.99. The van der Waals surface area contributed by atoms with Crippen LogP contribution >= 0.6 is 22.9 Å². The van der Waals surface area contributed by atoms with E-state index in [1.807, 2.05) is 0 Å². The van der Waals surface area contributed by atoms with Gasteiger partial charge in [-0.1, -0.05) is 23.5 Å². The molecule has 0 fully saturated rings. The molecule has 0 bridgehead atoms. The lowest BCUT2D eigenvalue weighted by atomic mass is 10.2. The fourth-order valence-electron chi connectivity index (χ4n) is 1.53. The molecular formula is C12H13ClN2O2S2. The average Bonchev–Trinajstić information content (AvgIpc) is 2.84. The number of nitrogens with zero attached hydrogens (tertiary/aromatic N) is 2. The Morgan fingerprint density at radius 2 is 1.89 bits per heavy atom. The van der Waals surface area contributed by atoms with E-state index in [-0.39, 0.29) is 0 Å². The highest BCUT2D eigenvalue weighted by Crippen LogP contribution is 2.25. The van der Waals surface area contributed by atoms with Crippen LogP contribution in [0.4, 0.5) is 0 Å². The maximum Gasteiger partial charge on any atom is 0.175 e. The van der Waals surface area contributed by atoms with Crippen LogP contribution in [0.3, 0.4) is 0 Å². The second-order valence-corrected chi connectivity index (χ2v) is 7.55. The summed E-state index contributed by atoms with van der Waals surface area (Å²) in [5, 5.41) is 9.94. The van der Waals surface area contributed by atoms with Crippen LogP contribution in [0.1, 0.15) is 11.4 Å². The van der Waals surface area contributed by atoms with Crippen molar-refractivity contribution >= 4 is 32.8 Å². The zero-order valence-electron chi connectivity index (χ0n) is 10.3. The Morgan fingerprint density at radius 3 is 2.47 bits per heavy atom. The summed E-state index contributed by atoms with van der Waals surface area (Å²) in [4.78, 5) is 0.308. The van der Waals surface area contributed by atoms with Crippen molar-refractivity contribution in [2.45, 2.75) is 17.7 Å². The van der Waals surface area contributed by atoms with Crippen LogP contribution in [0.25, 0.3) is 10.6 Å². The van der Waals surface area contributed by atoms with Gasteiger partial charge in [0, 0.05) is 24.1 Å². The van der Waals surface area contributed by atoms with E-state index >= 15 is 0 Å². The quantitative estimate of drug-likeness (QED) is 0.796. The molecule has 2 rings (SSSR count). The van der Waals surface area contributed by atoms with Gasteiger partial charge in [-0.15, -0.1) is 21.8 Å². The van der Waals surface area contributed by atoms with Crippen molar-refractivity contribution in [3.63, 3.8) is 0 Å². The normalized spacial score (nSPS) is 11.7. The van der Waals surface area contributed by atoms with Crippen molar-refractivity contribution in [3.05, 3.63) is 29.3 Å². The van der Waals surface area contributed by atoms with E-state index in [2.05, 4.69) is 10.2 Å². The maximum atomic E-state index is 11.4. The van der Waals surface area contributed by atoms with Crippen molar-refractivity contribution in [3.8, 4) is 10.6 Å². The molecule has 0 saturated heterocycles. The Hall–Kier alpha value is -0.980. The van der Waals surface area contributed by atoms with Gasteiger partial charge in [0.05, 0.1) is 4.90 Å². The molecule has 1 aromatic heterocycles. The molecule has 2 aromatic rings. The molecule has 0 atom stereocenters. The van der Waals surface area contributed by atoms with Gasteiger partial charge in [0.25, 0.3) is 0 Å². The first kappa shape index (κ1) is 14.4. The second-order valence-electron chi connectivity index (χ2n) is 4.09. The van der Waals surface area contributed by atoms with Crippen LogP contribution in [0.2, 0.25) is 0 Å². The van der Waals surface area contributed by atoms with E-state index in [0.717, 1.165) is 28.4 Å². The molecule has 0 N–H and O–H groups in total. The minimum atomic E-state index is -3.16. The number of sulfone groups is 1. The predicted octanol–water partition coefficient (Wildman–Crippen LogP) is 2.78. The van der Waals surface area contributed by atoms with Crippen molar-refractivity contribution in [1.29, 1.82) is 0 Å². The number of aryl methyl sites for hydroxylation is 1. The summed E-state index contributed by atoms with van der Waals surface area (Å²) in [6.07, 6.45) is 2.89. The third-order valence-electron chi connectivity index (χ3n) is 2.52. The Labute approximate surface area is 121 Å². The van der Waals surface area contributed by atoms with Crippen LogP contribution < -0.4 is 0 Å². The lowest BCUT2D eigenvalue weighted by molar-refractivity contribution is 0.602. The number of hydrogen-bond donors (Lipinski definition) is 0. The highest BCUT2D eigenvalue weighted by molar-refractivity contribution is 7.90. The molecule has 0 spiro atoms. The fourth-order valence-corrected chi connectivity index (χ4v) is 3.18. The Balaban J connectivity index is 2.20. The third-order valence-corrected chi connectivity index (χ3v) is 4.95. The van der Waals surface area contributed by atoms with Crippen molar-refractivity contribution < 1.29 is 8.42 Å². The number of benzene rings is 1. The molecule has 0 aliphatic rings. The molecule has 4 nitrogen and oxygen atoms in total. The minimum absolute atomic E-state index is 0.308. The molecule has 0 aliphatic carbocycles. The molecule has 0 aliphatic heterocycles. The summed E-state index contributed by atoms with van der Waals surface area (Å²) < 4.78 is 22.7. The standard InChI is InChI=1S/C12H13ClN2O2S2/c1-19(16,17)10-6-4-9(5-7-10)12-15-14-11(18-12)3-2-8-13/h4-7H,2-3,8H2,1H3. The van der Waals surface area contributed by atoms with Gasteiger partial charge in [0.15, 0.2) is 9.84 Å². The van der Waals surface area contributed by atoms with Crippen LogP contribution in [-0.2, 0) is 16.3 Å². The second kappa shape index (κ2) is 5.98. The Morgan fingerprint density at radius 1 is 1.21 bits per heavy atom. The summed E-state index contributed by atoms with van der Waals surface area (Å²) in [5.41, 5.74) is 0.877. The largest absolute Gasteiger partial charge is 0.224 e. The third kappa shape index (κ3) is 3.75. The number of hydrogen-bond acceptors (Lipinski definition) is 5. The summed E-state index contributed by atoms with van der Waals surface area (Å²) in [6.45, 7) is 0. The maximum absolute atomic E-state index is 11.4. The number of rotatable bonds is 5. The Kier molecular flexibility index (Phi) is 4.54. The molecule has 7 heteroatoms. The van der Waals surface area contributed by atoms with Crippen molar-refractivity contribution in [1.82, 2.24) is 10.2 Å². The van der Waals surface area contributed by atoms with E-state index in [0.29, 0.717) is 10.8 Å². The first-order valence-corrected chi connectivity index (χ1v) is 8.94. The SMILES string of the molecule is CS(=O)(=O)c1ccc(-c2nnc(CCCCl)s2)cc1. The topological polar surface area (TPSA) is 59.9 Å². The number of aromatic nitrogens is 2. The van der Waals surface area contributed by atoms with Gasteiger partial charge in [0.1, 0.15) is 10.0 Å². The highest BCUT2D eigenvalue weighted by Gasteiger charge is 2.09. The fraction of sp³-hybridized carbons (Fsp3) is 0.333. The van der Waals surface area contributed by atoms with Gasteiger partial charge in [-0.05, 0) is 18.6 Å². The van der Waals surface area contributed by atoms with Crippen molar-refractivity contribution in [2.75, 3.05) is 12.1 Å². The van der Waals surface area contributed by atoms with E-state index < -0.39 is 9.84 Å². The van der Waals surface area contributed by atoms with Gasteiger partial charge in [-0.2, -0.15) is 0 Å². The first-order valence-electron chi connectivity index (χ1n) is 5.69. The predicted molar refractivity (Wildman–Crippen MR) is 77.5 cm³/mol. The number of alkyl halides is 1. The lowest BCUT2D eigenvalue weighted by Crippen LogP contribution is -1.96. The molecule has 1 heterocycles. The van der Waals surface area contributed by atoms with E-state index in [1.54, 1.807) is 24.3 Å². The van der Waals surface area contributed by atoms with Crippen molar-refractivity contribution in [2.24, 2.45) is 0 Å². The van der Waals surface area contributed by atoms with Crippen LogP contribution in [-0.4, -0.2) is 30.8 Å². The molecule has 0 unspecified atom stereocenters. The summed E-state index contributed by atoms with van der Waals surface area (Å²) in [7, 11) is -3.16. The minimum Gasteiger partial charge on any atom is -0.224 e. The smallest absolute Gasteiger partial charge is 0.175 e. The van der Waals surface area contributed by atoms with E-state index in [4.69, 9.17) is 11.6 Å². The van der Waals surface area contributed by atoms with Gasteiger partial charge in [0.2, 0.25) is 0 Å². The van der Waals surface area contributed by atoms with Crippen LogP contribution in [0, 0.1) is 0 Å². The van der Waals surface area contributed by atoms with Crippen LogP contribution in [0.5, 0.6) is 0 Å². The molecule has 0 radical (unpaired) electrons. The van der Waals surface area contributed by atoms with Gasteiger partial charge in [-0.25, -0.2) is 8.42 Å². The summed E-state index contributed by atoms with van der Waals surface area (Å²) >= 11 is 7.14. The Bertz CT molecular complexity index is 651. The summed E-state index contributed by atoms with van der Waals surface area (Å²) in [6, 6.07) is 6.68. The molecule has 0 amide bonds. The zero-order valence-corrected chi connectivity index (χ0v) is 12.7. The van der Waals surface area contributed by atoms with E-state index in [1.165, 1.54) is 17.6 Å². The monoisotopic (exact) mass is 316 g/mol. The molecule has 1 aromatic carbocycles. The zero-order chi connectivity index (χ0) is 13.9. The first-order chi connectivity index (χ1) is 9.00. The van der Waals surface area contributed by atoms with Gasteiger partial charge < -0.3 is 0 Å². The van der Waals surface area contributed by atoms with Gasteiger partial charge >= 0.3 is 0 Å². The number of halogens is 1. The van der Waals surface area contributed by atoms with E-state index in [9.17, 15) is 8.42 Å². The molecule has 19 heavy (non-hydrogen) atoms. The average molecular weight is 317 g/mol. The van der Waals surface area contributed by atoms with Gasteiger partial charge in [-0.3, -0.25) is 0 Å². The van der Waals surface area contributed by atoms with Crippen LogP contribution in [0.15, 0.2) is 29.2 Å². The molecule has 102 valence electrons. The highest BCUT2D eigenvalue weighted by atomic mass is 35.5.